The number of anilines is 1. The fourth-order valence-corrected chi connectivity index (χ4v) is 4.00. The number of rotatable bonds is 4. The van der Waals surface area contributed by atoms with Gasteiger partial charge in [-0.2, -0.15) is 0 Å². The summed E-state index contributed by atoms with van der Waals surface area (Å²) in [5, 5.41) is 0. The van der Waals surface area contributed by atoms with E-state index in [0.29, 0.717) is 25.2 Å². The first-order valence-electron chi connectivity index (χ1n) is 9.72. The molecule has 2 aromatic carbocycles. The van der Waals surface area contributed by atoms with Crippen LogP contribution in [0.5, 0.6) is 0 Å². The van der Waals surface area contributed by atoms with Crippen molar-refractivity contribution in [2.45, 2.75) is 13.0 Å². The van der Waals surface area contributed by atoms with Gasteiger partial charge in [0.2, 0.25) is 11.8 Å². The summed E-state index contributed by atoms with van der Waals surface area (Å²) < 4.78 is 13.9. The number of amides is 2. The van der Waals surface area contributed by atoms with Crippen molar-refractivity contribution in [3.8, 4) is 0 Å². The fourth-order valence-electron chi connectivity index (χ4n) is 4.00. The van der Waals surface area contributed by atoms with E-state index in [1.54, 1.807) is 23.1 Å². The van der Waals surface area contributed by atoms with Gasteiger partial charge in [0, 0.05) is 56.9 Å². The predicted molar refractivity (Wildman–Crippen MR) is 105 cm³/mol. The van der Waals surface area contributed by atoms with Crippen LogP contribution < -0.4 is 4.90 Å². The van der Waals surface area contributed by atoms with Crippen LogP contribution in [-0.4, -0.2) is 54.3 Å². The van der Waals surface area contributed by atoms with E-state index < -0.39 is 0 Å². The smallest absolute Gasteiger partial charge is 0.228 e. The summed E-state index contributed by atoms with van der Waals surface area (Å²) in [4.78, 5) is 31.0. The van der Waals surface area contributed by atoms with Crippen LogP contribution in [0.2, 0.25) is 0 Å². The van der Waals surface area contributed by atoms with Gasteiger partial charge in [0.25, 0.3) is 0 Å². The Morgan fingerprint density at radius 3 is 2.36 bits per heavy atom. The summed E-state index contributed by atoms with van der Waals surface area (Å²) in [6.07, 6.45) is 0.214. The van der Waals surface area contributed by atoms with Crippen molar-refractivity contribution in [1.29, 1.82) is 0 Å². The second-order valence-corrected chi connectivity index (χ2v) is 7.41. The third-order valence-corrected chi connectivity index (χ3v) is 5.60. The second-order valence-electron chi connectivity index (χ2n) is 7.41. The van der Waals surface area contributed by atoms with Gasteiger partial charge in [-0.3, -0.25) is 9.59 Å². The molecule has 146 valence electrons. The Hall–Kier alpha value is -2.89. The SMILES string of the molecule is O=C1CC(C(=O)N2CCN(c3ccccc3)CC2)CN1Cc1ccccc1F. The van der Waals surface area contributed by atoms with Gasteiger partial charge in [-0.25, -0.2) is 4.39 Å². The molecule has 2 heterocycles. The molecular weight excluding hydrogens is 357 g/mol. The molecule has 4 rings (SSSR count). The average molecular weight is 381 g/mol. The number of hydrogen-bond donors (Lipinski definition) is 0. The lowest BCUT2D eigenvalue weighted by Gasteiger charge is -2.37. The Balaban J connectivity index is 1.33. The number of para-hydroxylation sites is 1. The lowest BCUT2D eigenvalue weighted by atomic mass is 10.1. The van der Waals surface area contributed by atoms with Crippen LogP contribution in [0.25, 0.3) is 0 Å². The predicted octanol–water partition coefficient (Wildman–Crippen LogP) is 2.52. The van der Waals surface area contributed by atoms with Gasteiger partial charge in [0.15, 0.2) is 0 Å². The minimum Gasteiger partial charge on any atom is -0.368 e. The Morgan fingerprint density at radius 1 is 0.964 bits per heavy atom. The molecule has 28 heavy (non-hydrogen) atoms. The van der Waals surface area contributed by atoms with Gasteiger partial charge >= 0.3 is 0 Å². The van der Waals surface area contributed by atoms with E-state index in [1.165, 1.54) is 11.8 Å². The summed E-state index contributed by atoms with van der Waals surface area (Å²) in [6.45, 7) is 3.48. The molecule has 1 unspecified atom stereocenters. The molecule has 0 aromatic heterocycles. The van der Waals surface area contributed by atoms with E-state index in [-0.39, 0.29) is 36.5 Å². The molecule has 2 saturated heterocycles. The molecule has 6 heteroatoms. The van der Waals surface area contributed by atoms with Crippen molar-refractivity contribution in [3.63, 3.8) is 0 Å². The quantitative estimate of drug-likeness (QED) is 0.818. The van der Waals surface area contributed by atoms with Crippen LogP contribution in [-0.2, 0) is 16.1 Å². The molecule has 2 fully saturated rings. The maximum absolute atomic E-state index is 13.9. The van der Waals surface area contributed by atoms with Crippen molar-refractivity contribution in [2.24, 2.45) is 5.92 Å². The first kappa shape index (κ1) is 18.5. The van der Waals surface area contributed by atoms with E-state index >= 15 is 0 Å². The van der Waals surface area contributed by atoms with Gasteiger partial charge in [0.05, 0.1) is 5.92 Å². The number of benzene rings is 2. The Bertz CT molecular complexity index is 850. The number of piperazine rings is 1. The van der Waals surface area contributed by atoms with Crippen LogP contribution in [0.3, 0.4) is 0 Å². The van der Waals surface area contributed by atoms with Gasteiger partial charge in [-0.1, -0.05) is 36.4 Å². The third kappa shape index (κ3) is 3.86. The van der Waals surface area contributed by atoms with Crippen LogP contribution in [0.1, 0.15) is 12.0 Å². The van der Waals surface area contributed by atoms with E-state index in [4.69, 9.17) is 0 Å². The van der Waals surface area contributed by atoms with Crippen molar-refractivity contribution < 1.29 is 14.0 Å². The highest BCUT2D eigenvalue weighted by Crippen LogP contribution is 2.24. The summed E-state index contributed by atoms with van der Waals surface area (Å²) in [7, 11) is 0. The number of nitrogens with zero attached hydrogens (tertiary/aromatic N) is 3. The van der Waals surface area contributed by atoms with Gasteiger partial charge < -0.3 is 14.7 Å². The zero-order valence-electron chi connectivity index (χ0n) is 15.8. The van der Waals surface area contributed by atoms with Crippen LogP contribution in [0.15, 0.2) is 54.6 Å². The zero-order chi connectivity index (χ0) is 19.5. The monoisotopic (exact) mass is 381 g/mol. The number of carbonyl (C=O) groups is 2. The van der Waals surface area contributed by atoms with Crippen molar-refractivity contribution >= 4 is 17.5 Å². The lowest BCUT2D eigenvalue weighted by Crippen LogP contribution is -2.50. The number of halogens is 1. The molecule has 2 aliphatic rings. The van der Waals surface area contributed by atoms with E-state index in [2.05, 4.69) is 17.0 Å². The molecular formula is C22H24FN3O2. The first-order valence-corrected chi connectivity index (χ1v) is 9.72. The average Bonchev–Trinajstić information content (AvgIpc) is 3.10. The van der Waals surface area contributed by atoms with Gasteiger partial charge in [-0.15, -0.1) is 0 Å². The topological polar surface area (TPSA) is 43.9 Å². The highest BCUT2D eigenvalue weighted by atomic mass is 19.1. The molecule has 0 aliphatic carbocycles. The standard InChI is InChI=1S/C22H24FN3O2/c23-20-9-5-4-6-17(20)15-26-16-18(14-21(26)27)22(28)25-12-10-24(11-13-25)19-7-2-1-3-8-19/h1-9,18H,10-16H2. The molecule has 0 saturated carbocycles. The number of likely N-dealkylation sites (tertiary alicyclic amines) is 1. The largest absolute Gasteiger partial charge is 0.368 e. The Kier molecular flexibility index (Phi) is 5.28. The van der Waals surface area contributed by atoms with Crippen molar-refractivity contribution in [1.82, 2.24) is 9.80 Å². The summed E-state index contributed by atoms with van der Waals surface area (Å²) in [5.41, 5.74) is 1.65. The first-order chi connectivity index (χ1) is 13.6. The van der Waals surface area contributed by atoms with E-state index in [1.807, 2.05) is 23.1 Å². The minimum atomic E-state index is -0.331. The van der Waals surface area contributed by atoms with Crippen LogP contribution in [0.4, 0.5) is 10.1 Å². The molecule has 0 bridgehead atoms. The van der Waals surface area contributed by atoms with Crippen LogP contribution in [0, 0.1) is 11.7 Å². The molecule has 0 spiro atoms. The molecule has 0 N–H and O–H groups in total. The Labute approximate surface area is 164 Å². The fraction of sp³-hybridized carbons (Fsp3) is 0.364. The highest BCUT2D eigenvalue weighted by Gasteiger charge is 2.37. The van der Waals surface area contributed by atoms with Gasteiger partial charge in [-0.05, 0) is 18.2 Å². The molecule has 5 nitrogen and oxygen atoms in total. The zero-order valence-corrected chi connectivity index (χ0v) is 15.8. The second kappa shape index (κ2) is 8.00. The summed E-state index contributed by atoms with van der Waals surface area (Å²) in [5.74, 6) is -0.689. The maximum atomic E-state index is 13.9. The number of hydrogen-bond acceptors (Lipinski definition) is 3. The van der Waals surface area contributed by atoms with Crippen LogP contribution >= 0.6 is 0 Å². The Morgan fingerprint density at radius 2 is 1.64 bits per heavy atom. The molecule has 2 amide bonds. The maximum Gasteiger partial charge on any atom is 0.228 e. The number of carbonyl (C=O) groups excluding carboxylic acids is 2. The molecule has 1 atom stereocenters. The summed E-state index contributed by atoms with van der Waals surface area (Å²) >= 11 is 0. The van der Waals surface area contributed by atoms with Crippen molar-refractivity contribution in [3.05, 3.63) is 66.0 Å². The van der Waals surface area contributed by atoms with E-state index in [0.717, 1.165) is 13.1 Å². The van der Waals surface area contributed by atoms with Crippen molar-refractivity contribution in [2.75, 3.05) is 37.6 Å². The van der Waals surface area contributed by atoms with Gasteiger partial charge in [0.1, 0.15) is 5.82 Å². The third-order valence-electron chi connectivity index (χ3n) is 5.60. The normalized spacial score (nSPS) is 20.0. The molecule has 0 radical (unpaired) electrons. The highest BCUT2D eigenvalue weighted by molar-refractivity contribution is 5.89. The molecule has 2 aromatic rings. The lowest BCUT2D eigenvalue weighted by molar-refractivity contribution is -0.136. The summed E-state index contributed by atoms with van der Waals surface area (Å²) in [6, 6.07) is 16.6. The minimum absolute atomic E-state index is 0.0390. The molecule has 2 aliphatic heterocycles. The van der Waals surface area contributed by atoms with E-state index in [9.17, 15) is 14.0 Å².